The molecule has 4 heteroatoms. The van der Waals surface area contributed by atoms with Crippen molar-refractivity contribution in [3.8, 4) is 17.1 Å². The Balaban J connectivity index is 1.82. The Hall–Kier alpha value is -3.27. The Morgan fingerprint density at radius 3 is 2.54 bits per heavy atom. The molecule has 0 saturated carbocycles. The number of nitrogen functional groups attached to an aromatic ring is 1. The highest BCUT2D eigenvalue weighted by molar-refractivity contribution is 5.80. The number of benzene rings is 3. The molecule has 0 spiro atoms. The standard InChI is InChI=1S/C20H17N3O/c21-15-9-10-16(20-22-17-6-2-3-7-18(17)23-20)14(12-15)11-13-5-1-4-8-19(13)24/h1-10,12,24H,11,21H2,(H,22,23). The van der Waals surface area contributed by atoms with Crippen molar-refractivity contribution in [3.63, 3.8) is 0 Å². The van der Waals surface area contributed by atoms with E-state index in [9.17, 15) is 5.11 Å². The molecule has 24 heavy (non-hydrogen) atoms. The minimum absolute atomic E-state index is 0.287. The van der Waals surface area contributed by atoms with Crippen LogP contribution in [0.25, 0.3) is 22.4 Å². The Morgan fingerprint density at radius 1 is 0.917 bits per heavy atom. The van der Waals surface area contributed by atoms with Crippen molar-refractivity contribution in [1.29, 1.82) is 0 Å². The lowest BCUT2D eigenvalue weighted by molar-refractivity contribution is 0.469. The maximum Gasteiger partial charge on any atom is 0.138 e. The maximum atomic E-state index is 10.1. The number of rotatable bonds is 3. The van der Waals surface area contributed by atoms with Crippen LogP contribution in [0, 0.1) is 0 Å². The number of imidazole rings is 1. The molecule has 0 unspecified atom stereocenters. The lowest BCUT2D eigenvalue weighted by Crippen LogP contribution is -1.96. The van der Waals surface area contributed by atoms with Gasteiger partial charge in [0, 0.05) is 17.7 Å². The Kier molecular flexibility index (Phi) is 3.43. The Morgan fingerprint density at radius 2 is 1.71 bits per heavy atom. The Labute approximate surface area is 139 Å². The van der Waals surface area contributed by atoms with Crippen molar-refractivity contribution in [2.45, 2.75) is 6.42 Å². The monoisotopic (exact) mass is 315 g/mol. The van der Waals surface area contributed by atoms with Gasteiger partial charge in [0.2, 0.25) is 0 Å². The van der Waals surface area contributed by atoms with E-state index in [1.807, 2.05) is 60.7 Å². The van der Waals surface area contributed by atoms with Crippen LogP contribution in [0.15, 0.2) is 66.7 Å². The molecule has 3 aromatic carbocycles. The average Bonchev–Trinajstić information content (AvgIpc) is 3.01. The van der Waals surface area contributed by atoms with Gasteiger partial charge >= 0.3 is 0 Å². The predicted octanol–water partition coefficient (Wildman–Crippen LogP) is 4.11. The van der Waals surface area contributed by atoms with Gasteiger partial charge in [-0.1, -0.05) is 30.3 Å². The van der Waals surface area contributed by atoms with Gasteiger partial charge in [0.25, 0.3) is 0 Å². The summed E-state index contributed by atoms with van der Waals surface area (Å²) in [5, 5.41) is 10.1. The van der Waals surface area contributed by atoms with Crippen molar-refractivity contribution >= 4 is 16.7 Å². The molecule has 4 rings (SSSR count). The quantitative estimate of drug-likeness (QED) is 0.498. The van der Waals surface area contributed by atoms with Crippen LogP contribution in [0.5, 0.6) is 5.75 Å². The van der Waals surface area contributed by atoms with E-state index in [0.717, 1.165) is 33.5 Å². The number of hydrogen-bond acceptors (Lipinski definition) is 3. The van der Waals surface area contributed by atoms with Crippen LogP contribution >= 0.6 is 0 Å². The third-order valence-electron chi connectivity index (χ3n) is 4.15. The van der Waals surface area contributed by atoms with Gasteiger partial charge in [0.1, 0.15) is 11.6 Å². The summed E-state index contributed by atoms with van der Waals surface area (Å²) in [4.78, 5) is 8.04. The number of phenolic OH excluding ortho intramolecular Hbond substituents is 1. The van der Waals surface area contributed by atoms with Crippen LogP contribution in [0.3, 0.4) is 0 Å². The molecule has 4 aromatic rings. The minimum Gasteiger partial charge on any atom is -0.508 e. The second-order valence-corrected chi connectivity index (χ2v) is 5.82. The van der Waals surface area contributed by atoms with Crippen molar-refractivity contribution < 1.29 is 5.11 Å². The lowest BCUT2D eigenvalue weighted by Gasteiger charge is -2.10. The van der Waals surface area contributed by atoms with Crippen LogP contribution in [0.2, 0.25) is 0 Å². The zero-order valence-corrected chi connectivity index (χ0v) is 13.0. The minimum atomic E-state index is 0.287. The van der Waals surface area contributed by atoms with Crippen LogP contribution < -0.4 is 5.73 Å². The van der Waals surface area contributed by atoms with Gasteiger partial charge in [-0.05, 0) is 47.5 Å². The third kappa shape index (κ3) is 2.58. The molecular formula is C20H17N3O. The molecule has 0 radical (unpaired) electrons. The van der Waals surface area contributed by atoms with Crippen molar-refractivity contribution in [3.05, 3.63) is 77.9 Å². The highest BCUT2D eigenvalue weighted by Crippen LogP contribution is 2.29. The highest BCUT2D eigenvalue weighted by Gasteiger charge is 2.12. The molecule has 0 saturated heterocycles. The molecule has 4 N–H and O–H groups in total. The number of aromatic hydroxyl groups is 1. The summed E-state index contributed by atoms with van der Waals surface area (Å²) in [6.07, 6.45) is 0.587. The summed E-state index contributed by atoms with van der Waals surface area (Å²) in [7, 11) is 0. The number of phenols is 1. The van der Waals surface area contributed by atoms with Gasteiger partial charge in [-0.2, -0.15) is 0 Å². The third-order valence-corrected chi connectivity index (χ3v) is 4.15. The first-order valence-electron chi connectivity index (χ1n) is 7.81. The van der Waals surface area contributed by atoms with E-state index in [-0.39, 0.29) is 5.75 Å². The molecule has 4 nitrogen and oxygen atoms in total. The fourth-order valence-electron chi connectivity index (χ4n) is 2.94. The smallest absolute Gasteiger partial charge is 0.138 e. The van der Waals surface area contributed by atoms with Gasteiger partial charge in [0.05, 0.1) is 11.0 Å². The van der Waals surface area contributed by atoms with Gasteiger partial charge in [-0.25, -0.2) is 4.98 Å². The number of aromatic nitrogens is 2. The summed E-state index contributed by atoms with van der Waals surface area (Å²) in [5.74, 6) is 1.09. The molecule has 0 bridgehead atoms. The van der Waals surface area contributed by atoms with Crippen LogP contribution in [0.4, 0.5) is 5.69 Å². The number of nitrogens with two attached hydrogens (primary N) is 1. The number of para-hydroxylation sites is 3. The summed E-state index contributed by atoms with van der Waals surface area (Å²) in [5.41, 5.74) is 11.5. The first kappa shape index (κ1) is 14.3. The number of hydrogen-bond donors (Lipinski definition) is 3. The van der Waals surface area contributed by atoms with Gasteiger partial charge in [-0.15, -0.1) is 0 Å². The number of nitrogens with zero attached hydrogens (tertiary/aromatic N) is 1. The summed E-state index contributed by atoms with van der Waals surface area (Å²) >= 11 is 0. The van der Waals surface area contributed by atoms with Crippen LogP contribution in [0.1, 0.15) is 11.1 Å². The molecule has 1 heterocycles. The molecule has 0 atom stereocenters. The van der Waals surface area contributed by atoms with Gasteiger partial charge in [-0.3, -0.25) is 0 Å². The average molecular weight is 315 g/mol. The SMILES string of the molecule is Nc1ccc(-c2nc3ccccc3[nH]2)c(Cc2ccccc2O)c1. The molecule has 1 aromatic heterocycles. The second kappa shape index (κ2) is 5.74. The predicted molar refractivity (Wildman–Crippen MR) is 96.9 cm³/mol. The number of fused-ring (bicyclic) bond motifs is 1. The van der Waals surface area contributed by atoms with E-state index in [2.05, 4.69) is 9.97 Å². The summed E-state index contributed by atoms with van der Waals surface area (Å²) < 4.78 is 0. The van der Waals surface area contributed by atoms with E-state index in [4.69, 9.17) is 5.73 Å². The topological polar surface area (TPSA) is 74.9 Å². The van der Waals surface area contributed by atoms with E-state index in [1.165, 1.54) is 0 Å². The first-order valence-corrected chi connectivity index (χ1v) is 7.81. The van der Waals surface area contributed by atoms with Gasteiger partial charge < -0.3 is 15.8 Å². The molecule has 0 aliphatic heterocycles. The lowest BCUT2D eigenvalue weighted by atomic mass is 9.98. The van der Waals surface area contributed by atoms with Crippen molar-refractivity contribution in [2.75, 3.05) is 5.73 Å². The largest absolute Gasteiger partial charge is 0.508 e. The van der Waals surface area contributed by atoms with Crippen molar-refractivity contribution in [1.82, 2.24) is 9.97 Å². The van der Waals surface area contributed by atoms with Crippen molar-refractivity contribution in [2.24, 2.45) is 0 Å². The second-order valence-electron chi connectivity index (χ2n) is 5.82. The fourth-order valence-corrected chi connectivity index (χ4v) is 2.94. The number of H-pyrrole nitrogens is 1. The number of anilines is 1. The summed E-state index contributed by atoms with van der Waals surface area (Å²) in [6.45, 7) is 0. The van der Waals surface area contributed by atoms with Crippen LogP contribution in [-0.2, 0) is 6.42 Å². The first-order chi connectivity index (χ1) is 11.7. The molecule has 0 fully saturated rings. The van der Waals surface area contributed by atoms with E-state index >= 15 is 0 Å². The molecular weight excluding hydrogens is 298 g/mol. The number of aromatic amines is 1. The number of nitrogens with one attached hydrogen (secondary N) is 1. The molecule has 0 aliphatic rings. The highest BCUT2D eigenvalue weighted by atomic mass is 16.3. The molecule has 0 amide bonds. The van der Waals surface area contributed by atoms with E-state index in [0.29, 0.717) is 12.1 Å². The molecule has 118 valence electrons. The van der Waals surface area contributed by atoms with Crippen LogP contribution in [-0.4, -0.2) is 15.1 Å². The zero-order chi connectivity index (χ0) is 16.5. The van der Waals surface area contributed by atoms with E-state index in [1.54, 1.807) is 6.07 Å². The summed E-state index contributed by atoms with van der Waals surface area (Å²) in [6, 6.07) is 21.1. The molecule has 0 aliphatic carbocycles. The normalized spacial score (nSPS) is 11.0. The maximum absolute atomic E-state index is 10.1. The van der Waals surface area contributed by atoms with E-state index < -0.39 is 0 Å². The Bertz CT molecular complexity index is 987. The fraction of sp³-hybridized carbons (Fsp3) is 0.0500. The van der Waals surface area contributed by atoms with Gasteiger partial charge in [0.15, 0.2) is 0 Å². The zero-order valence-electron chi connectivity index (χ0n) is 13.0.